The Kier molecular flexibility index (Phi) is 8.33. The lowest BCUT2D eigenvalue weighted by Gasteiger charge is -2.56. The molecule has 0 bridgehead atoms. The topological polar surface area (TPSA) is 214 Å². The van der Waals surface area contributed by atoms with Crippen molar-refractivity contribution in [3.8, 4) is 5.75 Å². The highest BCUT2D eigenvalue weighted by molar-refractivity contribution is 6.32. The number of phenols is 1. The van der Waals surface area contributed by atoms with E-state index < -0.39 is 94.1 Å². The van der Waals surface area contributed by atoms with Crippen LogP contribution in [0.25, 0.3) is 0 Å². The van der Waals surface area contributed by atoms with Gasteiger partial charge in [-0.25, -0.2) is 4.79 Å². The van der Waals surface area contributed by atoms with Gasteiger partial charge in [-0.15, -0.1) is 0 Å². The van der Waals surface area contributed by atoms with Crippen LogP contribution in [-0.4, -0.2) is 99.7 Å². The number of benzene rings is 1. The molecular formula is C29H37N3O10. The summed E-state index contributed by atoms with van der Waals surface area (Å²) >= 11 is 0. The van der Waals surface area contributed by atoms with E-state index in [1.807, 2.05) is 6.92 Å². The number of carbonyl (C=O) groups excluding carboxylic acids is 6. The molecule has 1 amide bonds. The van der Waals surface area contributed by atoms with Crippen LogP contribution in [0.4, 0.5) is 5.69 Å². The minimum Gasteiger partial charge on any atom is -0.505 e. The molecule has 0 aliphatic heterocycles. The number of rotatable bonds is 8. The van der Waals surface area contributed by atoms with E-state index in [1.54, 1.807) is 13.8 Å². The summed E-state index contributed by atoms with van der Waals surface area (Å²) in [5, 5.41) is 37.5. The van der Waals surface area contributed by atoms with Crippen molar-refractivity contribution in [1.29, 1.82) is 0 Å². The Morgan fingerprint density at radius 2 is 1.79 bits per heavy atom. The van der Waals surface area contributed by atoms with E-state index in [2.05, 4.69) is 5.32 Å². The van der Waals surface area contributed by atoms with Crippen molar-refractivity contribution in [2.75, 3.05) is 26.0 Å². The van der Waals surface area contributed by atoms with Gasteiger partial charge < -0.3 is 31.1 Å². The number of aliphatic hydroxyl groups is 2. The lowest BCUT2D eigenvalue weighted by Crippen LogP contribution is -2.77. The third-order valence-electron chi connectivity index (χ3n) is 8.97. The fraction of sp³-hybridized carbons (Fsp3) is 0.586. The van der Waals surface area contributed by atoms with Gasteiger partial charge in [0.1, 0.15) is 11.8 Å². The predicted octanol–water partition coefficient (Wildman–Crippen LogP) is -0.457. The van der Waals surface area contributed by atoms with Crippen LogP contribution in [-0.2, 0) is 28.7 Å². The summed E-state index contributed by atoms with van der Waals surface area (Å²) in [6.07, 6.45) is -0.750. The van der Waals surface area contributed by atoms with Crippen LogP contribution in [0.3, 0.4) is 0 Å². The molecule has 9 unspecified atom stereocenters. The number of aliphatic hydroxyl groups excluding tert-OH is 1. The molecule has 0 saturated heterocycles. The summed E-state index contributed by atoms with van der Waals surface area (Å²) in [5.41, 5.74) is 2.33. The third kappa shape index (κ3) is 4.41. The van der Waals surface area contributed by atoms with Crippen molar-refractivity contribution in [2.45, 2.75) is 63.3 Å². The Morgan fingerprint density at radius 3 is 2.33 bits per heavy atom. The number of Topliss-reactive ketones (excluding diaryl/α,β-unsaturated/α-hetero) is 4. The second kappa shape index (κ2) is 11.2. The van der Waals surface area contributed by atoms with Crippen molar-refractivity contribution in [3.05, 3.63) is 23.3 Å². The van der Waals surface area contributed by atoms with Crippen molar-refractivity contribution < 1.29 is 48.8 Å². The van der Waals surface area contributed by atoms with Gasteiger partial charge in [0.25, 0.3) is 0 Å². The highest BCUT2D eigenvalue weighted by Gasteiger charge is 2.72. The van der Waals surface area contributed by atoms with Gasteiger partial charge in [-0.3, -0.25) is 28.9 Å². The average molecular weight is 588 g/mol. The number of nitrogens with one attached hydrogen (secondary N) is 1. The Balaban J connectivity index is 1.84. The van der Waals surface area contributed by atoms with Crippen LogP contribution in [0.15, 0.2) is 12.1 Å². The van der Waals surface area contributed by atoms with Crippen molar-refractivity contribution in [1.82, 2.24) is 4.90 Å². The number of ether oxygens (including phenoxy) is 1. The van der Waals surface area contributed by atoms with E-state index >= 15 is 0 Å². The lowest BCUT2D eigenvalue weighted by atomic mass is 9.49. The summed E-state index contributed by atoms with van der Waals surface area (Å²) < 4.78 is 5.10. The van der Waals surface area contributed by atoms with Crippen molar-refractivity contribution >= 4 is 40.7 Å². The standard InChI is InChI=1S/C29H37N3O10/c1-6-8-14(28(40)42-7-2)31-13-10-9-12-11(3)15-17(22(34)16(12)21(13)33)25(37)29(41)19(23(15)35)20(32(4)5)24(36)18(26(29)38)27(30)39/h9-11,14-15,17-20,23,31,33,35,41H,6-8H2,1-5H3,(H2,30,39). The number of aromatic hydroxyl groups is 1. The highest BCUT2D eigenvalue weighted by atomic mass is 16.5. The van der Waals surface area contributed by atoms with Crippen LogP contribution >= 0.6 is 0 Å². The Bertz CT molecular complexity index is 1360. The zero-order valence-corrected chi connectivity index (χ0v) is 24.1. The third-order valence-corrected chi connectivity index (χ3v) is 8.97. The minimum absolute atomic E-state index is 0.0282. The normalized spacial score (nSPS) is 33.0. The number of phenolic OH excluding ortho intramolecular Hbond substituents is 1. The maximum atomic E-state index is 14.1. The highest BCUT2D eigenvalue weighted by Crippen LogP contribution is 2.55. The molecule has 4 rings (SSSR count). The van der Waals surface area contributed by atoms with Crippen LogP contribution in [0.5, 0.6) is 5.75 Å². The van der Waals surface area contributed by atoms with Gasteiger partial charge in [-0.1, -0.05) is 26.3 Å². The van der Waals surface area contributed by atoms with E-state index in [0.29, 0.717) is 18.4 Å². The molecule has 1 aromatic rings. The summed E-state index contributed by atoms with van der Waals surface area (Å²) in [6, 6.07) is 0.730. The summed E-state index contributed by atoms with van der Waals surface area (Å²) in [7, 11) is 2.86. The number of fused-ring (bicyclic) bond motifs is 3. The Labute approximate surface area is 242 Å². The van der Waals surface area contributed by atoms with Crippen LogP contribution in [0.1, 0.15) is 55.5 Å². The fourth-order valence-electron chi connectivity index (χ4n) is 7.07. The molecule has 0 heterocycles. The van der Waals surface area contributed by atoms with E-state index in [1.165, 1.54) is 31.1 Å². The molecule has 9 atom stereocenters. The zero-order valence-electron chi connectivity index (χ0n) is 24.1. The molecular weight excluding hydrogens is 550 g/mol. The van der Waals surface area contributed by atoms with Crippen LogP contribution in [0.2, 0.25) is 0 Å². The first-order valence-corrected chi connectivity index (χ1v) is 14.0. The zero-order chi connectivity index (χ0) is 31.4. The minimum atomic E-state index is -3.07. The number of ketones is 4. The van der Waals surface area contributed by atoms with Gasteiger partial charge in [0.15, 0.2) is 34.7 Å². The molecule has 0 aromatic heterocycles. The number of likely N-dealkylation sites (N-methyl/N-ethyl adjacent to an activating group) is 1. The fourth-order valence-corrected chi connectivity index (χ4v) is 7.07. The van der Waals surface area contributed by atoms with Crippen molar-refractivity contribution in [3.63, 3.8) is 0 Å². The van der Waals surface area contributed by atoms with Gasteiger partial charge in [0.2, 0.25) is 5.91 Å². The summed E-state index contributed by atoms with van der Waals surface area (Å²) in [5.74, 6) is -14.7. The molecule has 13 nitrogen and oxygen atoms in total. The second-order valence-corrected chi connectivity index (χ2v) is 11.5. The van der Waals surface area contributed by atoms with E-state index in [0.717, 1.165) is 0 Å². The average Bonchev–Trinajstić information content (AvgIpc) is 2.91. The van der Waals surface area contributed by atoms with E-state index in [9.17, 15) is 44.1 Å². The van der Waals surface area contributed by atoms with Gasteiger partial charge in [0.05, 0.1) is 41.8 Å². The molecule has 1 aromatic carbocycles. The van der Waals surface area contributed by atoms with Gasteiger partial charge in [-0.05, 0) is 45.0 Å². The second-order valence-electron chi connectivity index (χ2n) is 11.5. The quantitative estimate of drug-likeness (QED) is 0.148. The molecule has 2 fully saturated rings. The number of nitrogens with two attached hydrogens (primary N) is 1. The van der Waals surface area contributed by atoms with Crippen LogP contribution < -0.4 is 11.1 Å². The number of carbonyl (C=O) groups is 6. The number of primary amides is 1. The molecule has 2 saturated carbocycles. The number of esters is 1. The maximum absolute atomic E-state index is 14.1. The number of anilines is 1. The first kappa shape index (κ1) is 31.3. The molecule has 228 valence electrons. The molecule has 0 radical (unpaired) electrons. The van der Waals surface area contributed by atoms with Gasteiger partial charge in [0, 0.05) is 5.92 Å². The Hall–Kier alpha value is -3.68. The molecule has 6 N–H and O–H groups in total. The van der Waals surface area contributed by atoms with Gasteiger partial charge in [-0.2, -0.15) is 0 Å². The van der Waals surface area contributed by atoms with E-state index in [4.69, 9.17) is 10.5 Å². The maximum Gasteiger partial charge on any atom is 0.328 e. The van der Waals surface area contributed by atoms with E-state index in [-0.39, 0.29) is 17.9 Å². The number of hydrogen-bond acceptors (Lipinski definition) is 12. The smallest absolute Gasteiger partial charge is 0.328 e. The number of nitrogens with zero attached hydrogens (tertiary/aromatic N) is 1. The molecule has 3 aliphatic carbocycles. The monoisotopic (exact) mass is 587 g/mol. The summed E-state index contributed by atoms with van der Waals surface area (Å²) in [4.78, 5) is 80.7. The predicted molar refractivity (Wildman–Crippen MR) is 146 cm³/mol. The summed E-state index contributed by atoms with van der Waals surface area (Å²) in [6.45, 7) is 5.27. The lowest BCUT2D eigenvalue weighted by molar-refractivity contribution is -0.196. The largest absolute Gasteiger partial charge is 0.505 e. The number of amides is 1. The van der Waals surface area contributed by atoms with Gasteiger partial charge >= 0.3 is 5.97 Å². The SMILES string of the molecule is CCCC(Nc1ccc2c(c1O)C(=O)C1C(=O)C3(O)C(=O)C(C(N)=O)C(=O)C(N(C)C)C3C(O)C1C2C)C(=O)OCC. The first-order chi connectivity index (χ1) is 19.7. The Morgan fingerprint density at radius 1 is 1.14 bits per heavy atom. The molecule has 13 heteroatoms. The molecule has 3 aliphatic rings. The number of hydrogen-bond donors (Lipinski definition) is 5. The van der Waals surface area contributed by atoms with Crippen molar-refractivity contribution in [2.24, 2.45) is 29.4 Å². The molecule has 42 heavy (non-hydrogen) atoms. The van der Waals surface area contributed by atoms with Crippen LogP contribution in [0, 0.1) is 23.7 Å². The molecule has 0 spiro atoms. The first-order valence-electron chi connectivity index (χ1n) is 14.0.